The third-order valence-electron chi connectivity index (χ3n) is 4.54. The van der Waals surface area contributed by atoms with E-state index in [2.05, 4.69) is 42.5 Å². The van der Waals surface area contributed by atoms with Crippen LogP contribution in [0, 0.1) is 5.92 Å². The van der Waals surface area contributed by atoms with E-state index < -0.39 is 0 Å². The lowest BCUT2D eigenvalue weighted by Gasteiger charge is -2.44. The Morgan fingerprint density at radius 3 is 2.89 bits per heavy atom. The van der Waals surface area contributed by atoms with Gasteiger partial charge in [-0.05, 0) is 61.0 Å². The number of nitrogens with two attached hydrogens (primary N) is 1. The van der Waals surface area contributed by atoms with Gasteiger partial charge in [0.05, 0.1) is 6.04 Å². The highest BCUT2D eigenvalue weighted by molar-refractivity contribution is 7.07. The molecular weight excluding hydrogens is 240 g/mol. The second-order valence-corrected chi connectivity index (χ2v) is 6.45. The van der Waals surface area contributed by atoms with Gasteiger partial charge in [-0.3, -0.25) is 4.90 Å². The largest absolute Gasteiger partial charge is 0.326 e. The van der Waals surface area contributed by atoms with Crippen LogP contribution in [-0.4, -0.2) is 23.5 Å². The molecule has 2 nitrogen and oxygen atoms in total. The number of nitrogens with zero attached hydrogens (tertiary/aromatic N) is 1. The molecule has 2 rings (SSSR count). The van der Waals surface area contributed by atoms with E-state index in [1.165, 1.54) is 24.9 Å². The second kappa shape index (κ2) is 6.18. The lowest BCUT2D eigenvalue weighted by molar-refractivity contribution is 0.0548. The quantitative estimate of drug-likeness (QED) is 0.901. The van der Waals surface area contributed by atoms with Crippen molar-refractivity contribution in [2.75, 3.05) is 6.54 Å². The molecule has 18 heavy (non-hydrogen) atoms. The molecule has 1 aliphatic rings. The number of hydrogen-bond donors (Lipinski definition) is 1. The normalized spacial score (nSPS) is 29.1. The Bertz CT molecular complexity index is 349. The van der Waals surface area contributed by atoms with Crippen LogP contribution in [0.4, 0.5) is 0 Å². The molecule has 4 atom stereocenters. The van der Waals surface area contributed by atoms with E-state index in [4.69, 9.17) is 5.73 Å². The summed E-state index contributed by atoms with van der Waals surface area (Å²) >= 11 is 1.78. The zero-order chi connectivity index (χ0) is 13.1. The van der Waals surface area contributed by atoms with Crippen molar-refractivity contribution in [1.29, 1.82) is 0 Å². The minimum atomic E-state index is 0.243. The lowest BCUT2D eigenvalue weighted by atomic mass is 9.87. The molecule has 3 heteroatoms. The number of piperidine rings is 1. The van der Waals surface area contributed by atoms with Gasteiger partial charge < -0.3 is 5.73 Å². The minimum Gasteiger partial charge on any atom is -0.326 e. The predicted molar refractivity (Wildman–Crippen MR) is 79.9 cm³/mol. The summed E-state index contributed by atoms with van der Waals surface area (Å²) in [4.78, 5) is 2.64. The molecule has 1 aromatic rings. The fourth-order valence-electron chi connectivity index (χ4n) is 3.11. The summed E-state index contributed by atoms with van der Waals surface area (Å²) in [6.07, 6.45) is 3.70. The Labute approximate surface area is 115 Å². The standard InChI is InChI=1S/C15H26N2S/c1-4-14(16)15(13-7-9-18-10-13)17-8-5-6-11(2)12(17)3/h7,9-12,14-15H,4-6,8,16H2,1-3H3. The molecule has 1 fully saturated rings. The fourth-order valence-corrected chi connectivity index (χ4v) is 3.80. The summed E-state index contributed by atoms with van der Waals surface area (Å²) in [5.74, 6) is 0.781. The minimum absolute atomic E-state index is 0.243. The van der Waals surface area contributed by atoms with Gasteiger partial charge >= 0.3 is 0 Å². The first kappa shape index (κ1) is 14.0. The van der Waals surface area contributed by atoms with Crippen molar-refractivity contribution >= 4 is 11.3 Å². The molecule has 2 N–H and O–H groups in total. The maximum Gasteiger partial charge on any atom is 0.0510 e. The highest BCUT2D eigenvalue weighted by atomic mass is 32.1. The van der Waals surface area contributed by atoms with Gasteiger partial charge in [-0.2, -0.15) is 11.3 Å². The topological polar surface area (TPSA) is 29.3 Å². The average molecular weight is 266 g/mol. The molecule has 0 aliphatic carbocycles. The van der Waals surface area contributed by atoms with E-state index in [-0.39, 0.29) is 6.04 Å². The van der Waals surface area contributed by atoms with Gasteiger partial charge in [0.15, 0.2) is 0 Å². The number of hydrogen-bond acceptors (Lipinski definition) is 3. The van der Waals surface area contributed by atoms with Crippen molar-refractivity contribution in [2.24, 2.45) is 11.7 Å². The number of thiophene rings is 1. The van der Waals surface area contributed by atoms with Crippen molar-refractivity contribution in [3.8, 4) is 0 Å². The highest BCUT2D eigenvalue weighted by Crippen LogP contribution is 2.34. The maximum atomic E-state index is 6.41. The Balaban J connectivity index is 2.23. The molecule has 4 unspecified atom stereocenters. The van der Waals surface area contributed by atoms with Gasteiger partial charge in [-0.1, -0.05) is 13.8 Å². The first-order chi connectivity index (χ1) is 8.65. The molecule has 0 saturated carbocycles. The Kier molecular flexibility index (Phi) is 4.82. The molecule has 0 bridgehead atoms. The highest BCUT2D eigenvalue weighted by Gasteiger charge is 2.33. The summed E-state index contributed by atoms with van der Waals surface area (Å²) in [6.45, 7) is 8.13. The van der Waals surface area contributed by atoms with Gasteiger partial charge in [0.1, 0.15) is 0 Å². The van der Waals surface area contributed by atoms with E-state index in [9.17, 15) is 0 Å². The smallest absolute Gasteiger partial charge is 0.0510 e. The van der Waals surface area contributed by atoms with Crippen molar-refractivity contribution in [2.45, 2.75) is 58.2 Å². The van der Waals surface area contributed by atoms with Crippen molar-refractivity contribution < 1.29 is 0 Å². The summed E-state index contributed by atoms with van der Waals surface area (Å²) in [6, 6.07) is 3.53. The number of likely N-dealkylation sites (tertiary alicyclic amines) is 1. The van der Waals surface area contributed by atoms with Crippen molar-refractivity contribution in [1.82, 2.24) is 4.90 Å². The van der Waals surface area contributed by atoms with Crippen LogP contribution in [-0.2, 0) is 0 Å². The maximum absolute atomic E-state index is 6.41. The molecule has 1 saturated heterocycles. The van der Waals surface area contributed by atoms with Crippen LogP contribution in [0.3, 0.4) is 0 Å². The zero-order valence-corrected chi connectivity index (χ0v) is 12.6. The Hall–Kier alpha value is -0.380. The molecule has 1 aliphatic heterocycles. The van der Waals surface area contributed by atoms with Gasteiger partial charge in [0, 0.05) is 12.1 Å². The molecule has 0 aromatic carbocycles. The fraction of sp³-hybridized carbons (Fsp3) is 0.733. The van der Waals surface area contributed by atoms with Gasteiger partial charge in [0.25, 0.3) is 0 Å². The summed E-state index contributed by atoms with van der Waals surface area (Å²) in [5, 5.41) is 4.44. The van der Waals surface area contributed by atoms with Crippen LogP contribution in [0.25, 0.3) is 0 Å². The molecule has 102 valence electrons. The first-order valence-electron chi connectivity index (χ1n) is 7.18. The van der Waals surface area contributed by atoms with E-state index in [0.29, 0.717) is 12.1 Å². The summed E-state index contributed by atoms with van der Waals surface area (Å²) < 4.78 is 0. The van der Waals surface area contributed by atoms with E-state index >= 15 is 0 Å². The van der Waals surface area contributed by atoms with E-state index in [1.54, 1.807) is 11.3 Å². The lowest BCUT2D eigenvalue weighted by Crippen LogP contribution is -2.49. The van der Waals surface area contributed by atoms with Crippen molar-refractivity contribution in [3.05, 3.63) is 22.4 Å². The van der Waals surface area contributed by atoms with Crippen LogP contribution in [0.1, 0.15) is 51.6 Å². The molecule has 0 amide bonds. The van der Waals surface area contributed by atoms with Crippen LogP contribution >= 0.6 is 11.3 Å². The molecule has 0 radical (unpaired) electrons. The molecule has 0 spiro atoms. The molecule has 2 heterocycles. The average Bonchev–Trinajstić information content (AvgIpc) is 2.88. The van der Waals surface area contributed by atoms with Crippen LogP contribution in [0.15, 0.2) is 16.8 Å². The number of rotatable bonds is 4. The zero-order valence-electron chi connectivity index (χ0n) is 11.8. The van der Waals surface area contributed by atoms with Gasteiger partial charge in [-0.25, -0.2) is 0 Å². The monoisotopic (exact) mass is 266 g/mol. The molecular formula is C15H26N2S. The summed E-state index contributed by atoms with van der Waals surface area (Å²) in [5.41, 5.74) is 7.82. The predicted octanol–water partition coefficient (Wildman–Crippen LogP) is 3.65. The second-order valence-electron chi connectivity index (χ2n) is 5.67. The summed E-state index contributed by atoms with van der Waals surface area (Å²) in [7, 11) is 0. The Morgan fingerprint density at radius 2 is 2.28 bits per heavy atom. The van der Waals surface area contributed by atoms with Crippen LogP contribution in [0.2, 0.25) is 0 Å². The van der Waals surface area contributed by atoms with Gasteiger partial charge in [-0.15, -0.1) is 0 Å². The first-order valence-corrected chi connectivity index (χ1v) is 8.12. The third-order valence-corrected chi connectivity index (χ3v) is 5.24. The van der Waals surface area contributed by atoms with Crippen LogP contribution in [0.5, 0.6) is 0 Å². The Morgan fingerprint density at radius 1 is 1.50 bits per heavy atom. The molecule has 1 aromatic heterocycles. The van der Waals surface area contributed by atoms with E-state index in [1.807, 2.05) is 0 Å². The SMILES string of the molecule is CCC(N)C(c1ccsc1)N1CCCC(C)C1C. The van der Waals surface area contributed by atoms with E-state index in [0.717, 1.165) is 12.3 Å². The third kappa shape index (κ3) is 2.79. The van der Waals surface area contributed by atoms with Crippen LogP contribution < -0.4 is 5.73 Å². The van der Waals surface area contributed by atoms with Crippen molar-refractivity contribution in [3.63, 3.8) is 0 Å². The van der Waals surface area contributed by atoms with Gasteiger partial charge in [0.2, 0.25) is 0 Å².